The highest BCUT2D eigenvalue weighted by atomic mass is 16.5. The molecule has 0 fully saturated rings. The second-order valence-electron chi connectivity index (χ2n) is 12.1. The molecule has 0 aliphatic heterocycles. The molecule has 0 aromatic heterocycles. The van der Waals surface area contributed by atoms with E-state index in [-0.39, 0.29) is 0 Å². The highest BCUT2D eigenvalue weighted by molar-refractivity contribution is 5.53. The van der Waals surface area contributed by atoms with Crippen molar-refractivity contribution in [2.75, 3.05) is 65.1 Å². The van der Waals surface area contributed by atoms with Crippen LogP contribution in [-0.4, -0.2) is 60.2 Å². The summed E-state index contributed by atoms with van der Waals surface area (Å²) in [6, 6.07) is 15.8. The fourth-order valence-electron chi connectivity index (χ4n) is 5.86. The first-order chi connectivity index (χ1) is 20.4. The molecule has 0 unspecified atom stereocenters. The second-order valence-corrected chi connectivity index (χ2v) is 12.1. The van der Waals surface area contributed by atoms with Gasteiger partial charge in [0.2, 0.25) is 0 Å². The van der Waals surface area contributed by atoms with Crippen molar-refractivity contribution < 1.29 is 14.2 Å². The average Bonchev–Trinajstić information content (AvgIpc) is 3.00. The summed E-state index contributed by atoms with van der Waals surface area (Å²) in [4.78, 5) is 2.22. The Hall–Kier alpha value is -2.08. The van der Waals surface area contributed by atoms with Crippen LogP contribution in [-0.2, 0) is 9.47 Å². The fourth-order valence-corrected chi connectivity index (χ4v) is 5.86. The van der Waals surface area contributed by atoms with Crippen LogP contribution < -0.4 is 15.0 Å². The fraction of sp³-hybridized carbons (Fsp3) is 0.676. The molecule has 1 atom stereocenters. The minimum atomic E-state index is 0.322. The highest BCUT2D eigenvalue weighted by Crippen LogP contribution is 2.47. The standard InChI is InChI=1S/C37H62N2O3/c1-8-12-19-37(11-4,20-13-9-2)30-36(35-29-33(39(6)7)18-17-31(35)5)32-15-14-16-34(28-32)42-27-26-41-25-24-40-23-22-38-21-10-3/h14-18,28-29,36,38H,8-13,19-27,30H2,1-7H3/t36-/m0/s1. The van der Waals surface area contributed by atoms with E-state index in [9.17, 15) is 0 Å². The molecule has 0 aliphatic rings. The van der Waals surface area contributed by atoms with Gasteiger partial charge in [-0.25, -0.2) is 0 Å². The van der Waals surface area contributed by atoms with Crippen molar-refractivity contribution in [2.45, 2.75) is 98.3 Å². The van der Waals surface area contributed by atoms with Gasteiger partial charge in [-0.3, -0.25) is 0 Å². The van der Waals surface area contributed by atoms with Crippen molar-refractivity contribution in [1.29, 1.82) is 0 Å². The van der Waals surface area contributed by atoms with Crippen molar-refractivity contribution in [3.8, 4) is 5.75 Å². The normalized spacial score (nSPS) is 12.5. The summed E-state index contributed by atoms with van der Waals surface area (Å²) in [7, 11) is 4.27. The maximum Gasteiger partial charge on any atom is 0.119 e. The largest absolute Gasteiger partial charge is 0.491 e. The van der Waals surface area contributed by atoms with Crippen LogP contribution in [0.25, 0.3) is 0 Å². The third kappa shape index (κ3) is 12.7. The number of hydrogen-bond acceptors (Lipinski definition) is 5. The highest BCUT2D eigenvalue weighted by Gasteiger charge is 2.32. The van der Waals surface area contributed by atoms with Crippen LogP contribution in [0.1, 0.15) is 108 Å². The third-order valence-electron chi connectivity index (χ3n) is 8.64. The zero-order valence-electron chi connectivity index (χ0n) is 28.1. The SMILES string of the molecule is CCCCC(CC)(CCCC)C[C@@H](c1cccc(OCCOCCOCCNCCC)c1)c1cc(N(C)C)ccc1C. The van der Waals surface area contributed by atoms with Gasteiger partial charge >= 0.3 is 0 Å². The smallest absolute Gasteiger partial charge is 0.119 e. The zero-order valence-corrected chi connectivity index (χ0v) is 28.1. The molecule has 1 N–H and O–H groups in total. The number of aryl methyl sites for hydroxylation is 1. The number of rotatable bonds is 24. The summed E-state index contributed by atoms with van der Waals surface area (Å²) in [5.74, 6) is 1.24. The molecule has 238 valence electrons. The molecule has 0 heterocycles. The van der Waals surface area contributed by atoms with Crippen LogP contribution in [0.3, 0.4) is 0 Å². The van der Waals surface area contributed by atoms with Gasteiger partial charge in [-0.2, -0.15) is 0 Å². The maximum absolute atomic E-state index is 6.20. The predicted octanol–water partition coefficient (Wildman–Crippen LogP) is 8.77. The Morgan fingerprint density at radius 3 is 2.12 bits per heavy atom. The molecule has 42 heavy (non-hydrogen) atoms. The Morgan fingerprint density at radius 2 is 1.48 bits per heavy atom. The molecule has 2 rings (SSSR count). The number of ether oxygens (including phenoxy) is 3. The molecule has 0 radical (unpaired) electrons. The first-order valence-corrected chi connectivity index (χ1v) is 16.8. The van der Waals surface area contributed by atoms with E-state index in [1.165, 1.54) is 73.7 Å². The molecule has 0 aliphatic carbocycles. The first-order valence-electron chi connectivity index (χ1n) is 16.8. The summed E-state index contributed by atoms with van der Waals surface area (Å²) in [6.45, 7) is 16.5. The van der Waals surface area contributed by atoms with Crippen molar-refractivity contribution in [1.82, 2.24) is 5.32 Å². The van der Waals surface area contributed by atoms with E-state index in [1.54, 1.807) is 0 Å². The topological polar surface area (TPSA) is 43.0 Å². The van der Waals surface area contributed by atoms with E-state index in [4.69, 9.17) is 14.2 Å². The Bertz CT molecular complexity index is 969. The summed E-state index contributed by atoms with van der Waals surface area (Å²) >= 11 is 0. The average molecular weight is 583 g/mol. The Kier molecular flexibility index (Phi) is 17.9. The maximum atomic E-state index is 6.20. The van der Waals surface area contributed by atoms with Crippen molar-refractivity contribution >= 4 is 5.69 Å². The molecule has 0 amide bonds. The van der Waals surface area contributed by atoms with Crippen molar-refractivity contribution in [3.05, 3.63) is 59.2 Å². The van der Waals surface area contributed by atoms with Crippen LogP contribution in [0.15, 0.2) is 42.5 Å². The molecular formula is C37H62N2O3. The van der Waals surface area contributed by atoms with Crippen LogP contribution in [0.4, 0.5) is 5.69 Å². The van der Waals surface area contributed by atoms with Gasteiger partial charge in [-0.05, 0) is 85.5 Å². The molecule has 5 heteroatoms. The monoisotopic (exact) mass is 582 g/mol. The Balaban J connectivity index is 2.17. The molecular weight excluding hydrogens is 520 g/mol. The molecule has 0 spiro atoms. The van der Waals surface area contributed by atoms with E-state index in [0.29, 0.717) is 37.8 Å². The number of unbranched alkanes of at least 4 members (excludes halogenated alkanes) is 2. The summed E-state index contributed by atoms with van der Waals surface area (Å²) < 4.78 is 17.6. The molecule has 5 nitrogen and oxygen atoms in total. The van der Waals surface area contributed by atoms with Gasteiger partial charge in [-0.15, -0.1) is 0 Å². The Morgan fingerprint density at radius 1 is 0.786 bits per heavy atom. The number of nitrogens with one attached hydrogen (secondary N) is 1. The number of anilines is 1. The van der Waals surface area contributed by atoms with Crippen LogP contribution in [0.5, 0.6) is 5.75 Å². The molecule has 0 bridgehead atoms. The molecule has 2 aromatic carbocycles. The van der Waals surface area contributed by atoms with Crippen LogP contribution in [0, 0.1) is 12.3 Å². The van der Waals surface area contributed by atoms with Gasteiger partial charge in [0.25, 0.3) is 0 Å². The van der Waals surface area contributed by atoms with Crippen molar-refractivity contribution in [3.63, 3.8) is 0 Å². The number of hydrogen-bond donors (Lipinski definition) is 1. The molecule has 0 saturated heterocycles. The number of benzene rings is 2. The lowest BCUT2D eigenvalue weighted by Crippen LogP contribution is -2.24. The minimum Gasteiger partial charge on any atom is -0.491 e. The summed E-state index contributed by atoms with van der Waals surface area (Å²) in [5, 5.41) is 3.34. The van der Waals surface area contributed by atoms with Crippen LogP contribution in [0.2, 0.25) is 0 Å². The van der Waals surface area contributed by atoms with Gasteiger partial charge in [0, 0.05) is 32.2 Å². The molecule has 0 saturated carbocycles. The van der Waals surface area contributed by atoms with E-state index >= 15 is 0 Å². The van der Waals surface area contributed by atoms with Gasteiger partial charge in [-0.1, -0.05) is 78.0 Å². The minimum absolute atomic E-state index is 0.322. The lowest BCUT2D eigenvalue weighted by Gasteiger charge is -2.38. The van der Waals surface area contributed by atoms with E-state index in [2.05, 4.69) is 101 Å². The number of nitrogens with zero attached hydrogens (tertiary/aromatic N) is 1. The van der Waals surface area contributed by atoms with Gasteiger partial charge < -0.3 is 24.4 Å². The predicted molar refractivity (Wildman–Crippen MR) is 180 cm³/mol. The first kappa shape index (κ1) is 36.1. The van der Waals surface area contributed by atoms with Gasteiger partial charge in [0.05, 0.1) is 26.4 Å². The quantitative estimate of drug-likeness (QED) is 0.125. The third-order valence-corrected chi connectivity index (χ3v) is 8.64. The Labute approximate surface area is 258 Å². The van der Waals surface area contributed by atoms with Crippen LogP contribution >= 0.6 is 0 Å². The summed E-state index contributed by atoms with van der Waals surface area (Å²) in [5.41, 5.74) is 5.76. The molecule has 2 aromatic rings. The lowest BCUT2D eigenvalue weighted by atomic mass is 9.67. The van der Waals surface area contributed by atoms with E-state index in [1.807, 2.05) is 0 Å². The summed E-state index contributed by atoms with van der Waals surface area (Å²) in [6.07, 6.45) is 11.2. The van der Waals surface area contributed by atoms with Gasteiger partial charge in [0.15, 0.2) is 0 Å². The van der Waals surface area contributed by atoms with Gasteiger partial charge in [0.1, 0.15) is 12.4 Å². The van der Waals surface area contributed by atoms with E-state index in [0.717, 1.165) is 31.9 Å². The van der Waals surface area contributed by atoms with Crippen molar-refractivity contribution in [2.24, 2.45) is 5.41 Å². The second kappa shape index (κ2) is 20.8. The lowest BCUT2D eigenvalue weighted by molar-refractivity contribution is 0.0373. The van der Waals surface area contributed by atoms with E-state index < -0.39 is 0 Å². The zero-order chi connectivity index (χ0) is 30.6.